The van der Waals surface area contributed by atoms with Crippen LogP contribution in [0.15, 0.2) is 47.5 Å². The van der Waals surface area contributed by atoms with E-state index in [1.165, 1.54) is 0 Å². The van der Waals surface area contributed by atoms with Crippen molar-refractivity contribution in [1.82, 2.24) is 0 Å². The highest BCUT2D eigenvalue weighted by Gasteiger charge is 2.26. The summed E-state index contributed by atoms with van der Waals surface area (Å²) in [6.07, 6.45) is -0.167. The number of anilines is 1. The van der Waals surface area contributed by atoms with Crippen molar-refractivity contribution in [2.24, 2.45) is 4.99 Å². The number of aryl methyl sites for hydroxylation is 1. The Morgan fingerprint density at radius 2 is 1.83 bits per heavy atom. The number of ether oxygens (including phenoxy) is 1. The van der Waals surface area contributed by atoms with Gasteiger partial charge in [0.1, 0.15) is 5.71 Å². The van der Waals surface area contributed by atoms with Gasteiger partial charge in [-0.15, -0.1) is 0 Å². The standard InChI is InChI=1S/C19H18N2O3/c1-11(2)24-19(23)13-7-9-14(10-8-13)20-17-15-6-4-5-12(3)16(15)21-18(17)22/h4-11H,1-3H3,(H,20,21,22). The second-order valence-electron chi connectivity index (χ2n) is 5.91. The van der Waals surface area contributed by atoms with Gasteiger partial charge >= 0.3 is 5.97 Å². The summed E-state index contributed by atoms with van der Waals surface area (Å²) in [5, 5.41) is 2.84. The molecule has 0 aromatic heterocycles. The summed E-state index contributed by atoms with van der Waals surface area (Å²) >= 11 is 0. The van der Waals surface area contributed by atoms with Crippen molar-refractivity contribution in [2.75, 3.05) is 5.32 Å². The second kappa shape index (κ2) is 6.28. The number of carbonyl (C=O) groups is 2. The Kier molecular flexibility index (Phi) is 4.16. The zero-order chi connectivity index (χ0) is 17.3. The maximum atomic E-state index is 12.2. The molecule has 3 rings (SSSR count). The molecular formula is C19H18N2O3. The first-order chi connectivity index (χ1) is 11.5. The van der Waals surface area contributed by atoms with Crippen molar-refractivity contribution in [1.29, 1.82) is 0 Å². The monoisotopic (exact) mass is 322 g/mol. The number of hydrogen-bond acceptors (Lipinski definition) is 4. The van der Waals surface area contributed by atoms with Gasteiger partial charge in [-0.2, -0.15) is 0 Å². The van der Waals surface area contributed by atoms with Crippen molar-refractivity contribution in [2.45, 2.75) is 26.9 Å². The SMILES string of the molecule is Cc1cccc2c1NC(=O)C2=Nc1ccc(C(=O)OC(C)C)cc1. The Morgan fingerprint density at radius 1 is 1.12 bits per heavy atom. The molecular weight excluding hydrogens is 304 g/mol. The molecule has 0 spiro atoms. The van der Waals surface area contributed by atoms with Crippen LogP contribution in [0, 0.1) is 6.92 Å². The maximum absolute atomic E-state index is 12.2. The van der Waals surface area contributed by atoms with Gasteiger partial charge in [0.25, 0.3) is 5.91 Å². The number of benzene rings is 2. The Bertz CT molecular complexity index is 836. The molecule has 122 valence electrons. The number of carbonyl (C=O) groups excluding carboxylic acids is 2. The highest BCUT2D eigenvalue weighted by molar-refractivity contribution is 6.54. The number of fused-ring (bicyclic) bond motifs is 1. The normalized spacial score (nSPS) is 14.7. The summed E-state index contributed by atoms with van der Waals surface area (Å²) in [5.74, 6) is -0.591. The van der Waals surface area contributed by atoms with Crippen LogP contribution in [-0.4, -0.2) is 23.7 Å². The molecule has 5 heteroatoms. The van der Waals surface area contributed by atoms with Gasteiger partial charge < -0.3 is 10.1 Å². The predicted molar refractivity (Wildman–Crippen MR) is 93.0 cm³/mol. The zero-order valence-corrected chi connectivity index (χ0v) is 13.8. The fraction of sp³-hybridized carbons (Fsp3) is 0.211. The lowest BCUT2D eigenvalue weighted by atomic mass is 10.1. The third-order valence-corrected chi connectivity index (χ3v) is 3.67. The fourth-order valence-corrected chi connectivity index (χ4v) is 2.52. The highest BCUT2D eigenvalue weighted by Crippen LogP contribution is 2.28. The second-order valence-corrected chi connectivity index (χ2v) is 5.91. The lowest BCUT2D eigenvalue weighted by Gasteiger charge is -2.07. The van der Waals surface area contributed by atoms with Crippen molar-refractivity contribution in [3.63, 3.8) is 0 Å². The van der Waals surface area contributed by atoms with Gasteiger partial charge in [-0.05, 0) is 50.6 Å². The molecule has 0 unspecified atom stereocenters. The number of amides is 1. The molecule has 1 N–H and O–H groups in total. The summed E-state index contributed by atoms with van der Waals surface area (Å²) < 4.78 is 5.15. The summed E-state index contributed by atoms with van der Waals surface area (Å²) in [4.78, 5) is 28.4. The first-order valence-electron chi connectivity index (χ1n) is 7.77. The van der Waals surface area contributed by atoms with Gasteiger partial charge in [0.05, 0.1) is 23.0 Å². The van der Waals surface area contributed by atoms with E-state index in [-0.39, 0.29) is 18.0 Å². The lowest BCUT2D eigenvalue weighted by Crippen LogP contribution is -2.14. The first-order valence-corrected chi connectivity index (χ1v) is 7.77. The van der Waals surface area contributed by atoms with Crippen LogP contribution in [0.5, 0.6) is 0 Å². The molecule has 0 fully saturated rings. The maximum Gasteiger partial charge on any atom is 0.338 e. The number of aliphatic imine (C=N–C) groups is 1. The minimum Gasteiger partial charge on any atom is -0.459 e. The van der Waals surface area contributed by atoms with E-state index in [2.05, 4.69) is 10.3 Å². The summed E-state index contributed by atoms with van der Waals surface area (Å²) in [6.45, 7) is 5.55. The third-order valence-electron chi connectivity index (χ3n) is 3.67. The summed E-state index contributed by atoms with van der Waals surface area (Å²) in [7, 11) is 0. The van der Waals surface area contributed by atoms with Crippen molar-refractivity contribution < 1.29 is 14.3 Å². The van der Waals surface area contributed by atoms with Crippen LogP contribution in [0.3, 0.4) is 0 Å². The quantitative estimate of drug-likeness (QED) is 0.877. The van der Waals surface area contributed by atoms with Crippen molar-refractivity contribution in [3.05, 3.63) is 59.2 Å². The topological polar surface area (TPSA) is 67.8 Å². The average molecular weight is 322 g/mol. The molecule has 0 aliphatic carbocycles. The van der Waals surface area contributed by atoms with Crippen LogP contribution in [0.1, 0.15) is 35.3 Å². The van der Waals surface area contributed by atoms with E-state index in [9.17, 15) is 9.59 Å². The Labute approximate surface area is 140 Å². The predicted octanol–water partition coefficient (Wildman–Crippen LogP) is 3.63. The number of nitrogens with one attached hydrogen (secondary N) is 1. The van der Waals surface area contributed by atoms with E-state index in [1.807, 2.05) is 25.1 Å². The van der Waals surface area contributed by atoms with Gasteiger partial charge in [0, 0.05) is 5.56 Å². The molecule has 1 amide bonds. The average Bonchev–Trinajstić information content (AvgIpc) is 2.85. The van der Waals surface area contributed by atoms with Crippen LogP contribution in [0.2, 0.25) is 0 Å². The van der Waals surface area contributed by atoms with Crippen LogP contribution in [-0.2, 0) is 9.53 Å². The van der Waals surface area contributed by atoms with E-state index in [0.29, 0.717) is 17.0 Å². The van der Waals surface area contributed by atoms with E-state index >= 15 is 0 Å². The van der Waals surface area contributed by atoms with Crippen LogP contribution < -0.4 is 5.32 Å². The minimum absolute atomic E-state index is 0.167. The fourth-order valence-electron chi connectivity index (χ4n) is 2.52. The number of esters is 1. The Hall–Kier alpha value is -2.95. The van der Waals surface area contributed by atoms with Gasteiger partial charge in [-0.1, -0.05) is 18.2 Å². The number of nitrogens with zero attached hydrogens (tertiary/aromatic N) is 1. The van der Waals surface area contributed by atoms with Crippen molar-refractivity contribution in [3.8, 4) is 0 Å². The Morgan fingerprint density at radius 3 is 2.50 bits per heavy atom. The molecule has 2 aromatic carbocycles. The van der Waals surface area contributed by atoms with Gasteiger partial charge in [-0.3, -0.25) is 4.79 Å². The first kappa shape index (κ1) is 15.9. The molecule has 0 saturated heterocycles. The molecule has 1 heterocycles. The largest absolute Gasteiger partial charge is 0.459 e. The smallest absolute Gasteiger partial charge is 0.338 e. The molecule has 0 atom stereocenters. The van der Waals surface area contributed by atoms with E-state index < -0.39 is 0 Å². The molecule has 2 aromatic rings. The molecule has 0 bridgehead atoms. The van der Waals surface area contributed by atoms with Gasteiger partial charge in [-0.25, -0.2) is 9.79 Å². The molecule has 24 heavy (non-hydrogen) atoms. The minimum atomic E-state index is -0.371. The molecule has 0 saturated carbocycles. The van der Waals surface area contributed by atoms with Gasteiger partial charge in [0.15, 0.2) is 0 Å². The lowest BCUT2D eigenvalue weighted by molar-refractivity contribution is -0.110. The number of para-hydroxylation sites is 1. The molecule has 1 aliphatic heterocycles. The van der Waals surface area contributed by atoms with E-state index in [0.717, 1.165) is 16.8 Å². The number of rotatable bonds is 3. The van der Waals surface area contributed by atoms with Crippen LogP contribution in [0.4, 0.5) is 11.4 Å². The van der Waals surface area contributed by atoms with Crippen molar-refractivity contribution >= 4 is 29.0 Å². The molecule has 0 radical (unpaired) electrons. The third kappa shape index (κ3) is 3.06. The van der Waals surface area contributed by atoms with Crippen LogP contribution in [0.25, 0.3) is 0 Å². The Balaban J connectivity index is 1.89. The van der Waals surface area contributed by atoms with E-state index in [4.69, 9.17) is 4.74 Å². The molecule has 5 nitrogen and oxygen atoms in total. The van der Waals surface area contributed by atoms with Gasteiger partial charge in [0.2, 0.25) is 0 Å². The van der Waals surface area contributed by atoms with Crippen LogP contribution >= 0.6 is 0 Å². The highest BCUT2D eigenvalue weighted by atomic mass is 16.5. The summed E-state index contributed by atoms with van der Waals surface area (Å²) in [6, 6.07) is 12.4. The van der Waals surface area contributed by atoms with E-state index in [1.54, 1.807) is 38.1 Å². The summed E-state index contributed by atoms with van der Waals surface area (Å²) in [5.41, 5.74) is 4.04. The number of hydrogen-bond donors (Lipinski definition) is 1. The zero-order valence-electron chi connectivity index (χ0n) is 13.8. The molecule has 1 aliphatic rings.